The summed E-state index contributed by atoms with van der Waals surface area (Å²) in [5.74, 6) is -3.48. The standard InChI is InChI=1S/C51H53FN10O6/c1-29-23-33(5-6-34(29)27-53-46(65)47-55-50(58-68-47)51(2,3)4)44-37-26-32(9-12-40(37)56-57-44)31-7-10-35(11-8-31)60-17-15-36(16-18-60)61-21-19-59(20-22-61)28-30-24-38-43(39(52)25-30)49(67)62(48(38)66)41-13-14-42(63)54-45(41)64/h5-12,23-26,36,41H,13-22,27-28H2,1-4H3,(H,53,65)(H,56,57)(H,54,63,64). The fourth-order valence-electron chi connectivity index (χ4n) is 9.92. The Labute approximate surface area is 392 Å². The highest BCUT2D eigenvalue weighted by molar-refractivity contribution is 6.23. The first-order chi connectivity index (χ1) is 32.7. The lowest BCUT2D eigenvalue weighted by Gasteiger charge is -2.43. The van der Waals surface area contributed by atoms with E-state index in [2.05, 4.69) is 89.1 Å². The molecular weight excluding hydrogens is 868 g/mol. The third-order valence-corrected chi connectivity index (χ3v) is 13.8. The molecule has 2 aromatic heterocycles. The summed E-state index contributed by atoms with van der Waals surface area (Å²) in [6.45, 7) is 13.9. The zero-order valence-corrected chi connectivity index (χ0v) is 38.5. The van der Waals surface area contributed by atoms with E-state index in [1.165, 1.54) is 11.8 Å². The molecule has 5 amide bonds. The monoisotopic (exact) mass is 920 g/mol. The van der Waals surface area contributed by atoms with Gasteiger partial charge in [-0.2, -0.15) is 10.1 Å². The lowest BCUT2D eigenvalue weighted by Crippen LogP contribution is -2.54. The third-order valence-electron chi connectivity index (χ3n) is 13.8. The van der Waals surface area contributed by atoms with Gasteiger partial charge in [-0.25, -0.2) is 4.39 Å². The summed E-state index contributed by atoms with van der Waals surface area (Å²) >= 11 is 0. The number of piperidine rings is 2. The second kappa shape index (κ2) is 17.8. The van der Waals surface area contributed by atoms with Crippen LogP contribution in [-0.2, 0) is 28.1 Å². The lowest BCUT2D eigenvalue weighted by atomic mass is 9.96. The SMILES string of the molecule is Cc1cc(-c2n[nH]c3ccc(-c4ccc(N5CCC(N6CCN(Cc7cc(F)c8c(c7)C(=O)N(C7CCC(=O)NC7=O)C8=O)CC6)CC5)cc4)cc23)ccc1CNC(=O)c1nc(C(C)(C)C)no1. The first kappa shape index (κ1) is 44.7. The van der Waals surface area contributed by atoms with Crippen LogP contribution in [0.4, 0.5) is 10.1 Å². The largest absolute Gasteiger partial charge is 0.371 e. The van der Waals surface area contributed by atoms with Crippen LogP contribution in [-0.4, -0.2) is 116 Å². The Bertz CT molecular complexity index is 2980. The van der Waals surface area contributed by atoms with E-state index in [0.717, 1.165) is 101 Å². The van der Waals surface area contributed by atoms with E-state index in [-0.39, 0.29) is 35.3 Å². The molecule has 3 N–H and O–H groups in total. The highest BCUT2D eigenvalue weighted by atomic mass is 19.1. The summed E-state index contributed by atoms with van der Waals surface area (Å²) in [7, 11) is 0. The van der Waals surface area contributed by atoms with Crippen molar-refractivity contribution in [2.24, 2.45) is 0 Å². The lowest BCUT2D eigenvalue weighted by molar-refractivity contribution is -0.136. The number of anilines is 1. The second-order valence-electron chi connectivity index (χ2n) is 19.4. The number of rotatable bonds is 10. The van der Waals surface area contributed by atoms with Crippen LogP contribution in [0.2, 0.25) is 0 Å². The Morgan fingerprint density at radius 1 is 0.853 bits per heavy atom. The van der Waals surface area contributed by atoms with Gasteiger partial charge in [0.1, 0.15) is 11.9 Å². The second-order valence-corrected chi connectivity index (χ2v) is 19.4. The molecule has 10 rings (SSSR count). The zero-order valence-electron chi connectivity index (χ0n) is 38.5. The van der Waals surface area contributed by atoms with Gasteiger partial charge in [0.15, 0.2) is 5.82 Å². The number of hydrogen-bond acceptors (Lipinski definition) is 12. The van der Waals surface area contributed by atoms with Crippen molar-refractivity contribution in [1.29, 1.82) is 0 Å². The number of aromatic amines is 1. The first-order valence-corrected chi connectivity index (χ1v) is 23.2. The molecule has 0 spiro atoms. The maximum absolute atomic E-state index is 15.4. The first-order valence-electron chi connectivity index (χ1n) is 23.2. The van der Waals surface area contributed by atoms with Crippen molar-refractivity contribution in [1.82, 2.24) is 45.7 Å². The van der Waals surface area contributed by atoms with E-state index in [9.17, 15) is 24.0 Å². The van der Waals surface area contributed by atoms with Crippen LogP contribution in [0.5, 0.6) is 0 Å². The Morgan fingerprint density at radius 2 is 1.59 bits per heavy atom. The predicted octanol–water partition coefficient (Wildman–Crippen LogP) is 6.14. The summed E-state index contributed by atoms with van der Waals surface area (Å²) in [5.41, 5.74) is 8.10. The molecule has 350 valence electrons. The molecule has 0 saturated carbocycles. The Balaban J connectivity index is 0.715. The van der Waals surface area contributed by atoms with Crippen molar-refractivity contribution in [3.05, 3.63) is 118 Å². The van der Waals surface area contributed by atoms with Crippen LogP contribution < -0.4 is 15.5 Å². The van der Waals surface area contributed by atoms with Gasteiger partial charge in [0, 0.05) is 86.9 Å². The summed E-state index contributed by atoms with van der Waals surface area (Å²) in [4.78, 5) is 75.6. The Hall–Kier alpha value is -7.11. The molecule has 68 heavy (non-hydrogen) atoms. The van der Waals surface area contributed by atoms with E-state index in [0.29, 0.717) is 30.5 Å². The molecule has 6 heterocycles. The molecule has 4 aliphatic rings. The minimum Gasteiger partial charge on any atom is -0.371 e. The third kappa shape index (κ3) is 8.67. The average Bonchev–Trinajstić information content (AvgIpc) is 4.06. The maximum atomic E-state index is 15.4. The number of carbonyl (C=O) groups excluding carboxylic acids is 5. The number of halogens is 1. The summed E-state index contributed by atoms with van der Waals surface area (Å²) in [5, 5.41) is 17.9. The molecule has 16 nitrogen and oxygen atoms in total. The van der Waals surface area contributed by atoms with Crippen molar-refractivity contribution in [3.8, 4) is 22.4 Å². The number of aromatic nitrogens is 4. The summed E-state index contributed by atoms with van der Waals surface area (Å²) in [6.07, 6.45) is 2.11. The molecule has 0 bridgehead atoms. The van der Waals surface area contributed by atoms with Gasteiger partial charge in [-0.3, -0.25) is 49.1 Å². The maximum Gasteiger partial charge on any atom is 0.315 e. The van der Waals surface area contributed by atoms with Crippen LogP contribution in [0.3, 0.4) is 0 Å². The fourth-order valence-corrected chi connectivity index (χ4v) is 9.92. The van der Waals surface area contributed by atoms with Gasteiger partial charge in [0.25, 0.3) is 11.8 Å². The van der Waals surface area contributed by atoms with Gasteiger partial charge in [-0.1, -0.05) is 56.3 Å². The topological polar surface area (TPSA) is 190 Å². The van der Waals surface area contributed by atoms with Crippen molar-refractivity contribution >= 4 is 46.1 Å². The van der Waals surface area contributed by atoms with Crippen LogP contribution in [0.25, 0.3) is 33.3 Å². The number of imide groups is 2. The van der Waals surface area contributed by atoms with E-state index in [4.69, 9.17) is 9.62 Å². The van der Waals surface area contributed by atoms with E-state index in [1.807, 2.05) is 39.8 Å². The summed E-state index contributed by atoms with van der Waals surface area (Å²) < 4.78 is 20.6. The van der Waals surface area contributed by atoms with Gasteiger partial charge in [0.05, 0.1) is 22.3 Å². The van der Waals surface area contributed by atoms with Crippen LogP contribution in [0.1, 0.15) is 100 Å². The van der Waals surface area contributed by atoms with Crippen LogP contribution in [0.15, 0.2) is 77.3 Å². The van der Waals surface area contributed by atoms with Crippen LogP contribution in [0, 0.1) is 12.7 Å². The van der Waals surface area contributed by atoms with Gasteiger partial charge < -0.3 is 14.7 Å². The Kier molecular flexibility index (Phi) is 11.7. The number of hydrogen-bond donors (Lipinski definition) is 3. The average molecular weight is 921 g/mol. The zero-order chi connectivity index (χ0) is 47.4. The van der Waals surface area contributed by atoms with Crippen molar-refractivity contribution in [3.63, 3.8) is 0 Å². The number of nitrogens with one attached hydrogen (secondary N) is 3. The van der Waals surface area contributed by atoms with Gasteiger partial charge in [-0.05, 0) is 96.5 Å². The number of amides is 5. The predicted molar refractivity (Wildman–Crippen MR) is 251 cm³/mol. The molecule has 3 fully saturated rings. The quantitative estimate of drug-likeness (QED) is 0.133. The highest BCUT2D eigenvalue weighted by Crippen LogP contribution is 2.34. The Morgan fingerprint density at radius 3 is 2.29 bits per heavy atom. The molecule has 3 saturated heterocycles. The van der Waals surface area contributed by atoms with E-state index < -0.39 is 41.4 Å². The van der Waals surface area contributed by atoms with Gasteiger partial charge in [-0.15, -0.1) is 0 Å². The van der Waals surface area contributed by atoms with Crippen molar-refractivity contribution in [2.75, 3.05) is 44.2 Å². The summed E-state index contributed by atoms with van der Waals surface area (Å²) in [6, 6.07) is 23.5. The molecule has 4 aromatic carbocycles. The highest BCUT2D eigenvalue weighted by Gasteiger charge is 2.46. The minimum absolute atomic E-state index is 0.00165. The smallest absolute Gasteiger partial charge is 0.315 e. The number of piperazine rings is 1. The number of benzene rings is 4. The van der Waals surface area contributed by atoms with E-state index in [1.54, 1.807) is 6.07 Å². The molecule has 17 heteroatoms. The fraction of sp³-hybridized carbons (Fsp3) is 0.373. The molecule has 1 atom stereocenters. The number of aryl methyl sites for hydroxylation is 1. The molecule has 0 radical (unpaired) electrons. The molecular formula is C51H53FN10O6. The van der Waals surface area contributed by atoms with Crippen LogP contribution >= 0.6 is 0 Å². The number of H-pyrrole nitrogens is 1. The molecule has 1 unspecified atom stereocenters. The molecule has 0 aliphatic carbocycles. The molecule has 6 aromatic rings. The number of fused-ring (bicyclic) bond motifs is 2. The van der Waals surface area contributed by atoms with Gasteiger partial charge >= 0.3 is 11.8 Å². The van der Waals surface area contributed by atoms with Crippen molar-refractivity contribution < 1.29 is 32.9 Å². The number of nitrogens with zero attached hydrogens (tertiary/aromatic N) is 7. The van der Waals surface area contributed by atoms with E-state index >= 15 is 4.39 Å². The molecule has 4 aliphatic heterocycles. The van der Waals surface area contributed by atoms with Gasteiger partial charge in [0.2, 0.25) is 11.8 Å². The van der Waals surface area contributed by atoms with Crippen molar-refractivity contribution in [2.45, 2.75) is 84.0 Å². The normalized spacial score (nSPS) is 18.7. The minimum atomic E-state index is -1.14. The number of carbonyl (C=O) groups is 5.